The van der Waals surface area contributed by atoms with Crippen LogP contribution in [0.1, 0.15) is 12.5 Å². The summed E-state index contributed by atoms with van der Waals surface area (Å²) < 4.78 is 1.94. The number of pyridine rings is 1. The molecule has 0 aliphatic rings. The third-order valence-corrected chi connectivity index (χ3v) is 2.11. The second kappa shape index (κ2) is 2.55. The molecule has 2 heterocycles. The number of hydrogen-bond acceptors (Lipinski definition) is 1. The predicted molar refractivity (Wildman–Crippen MR) is 48.4 cm³/mol. The van der Waals surface area contributed by atoms with Crippen LogP contribution >= 0.6 is 0 Å². The van der Waals surface area contributed by atoms with Crippen LogP contribution in [0.2, 0.25) is 0 Å². The monoisotopic (exact) mass is 161 g/mol. The van der Waals surface area contributed by atoms with Gasteiger partial charge in [0.05, 0.1) is 5.52 Å². The molecule has 2 rings (SSSR count). The van der Waals surface area contributed by atoms with Gasteiger partial charge < -0.3 is 9.51 Å². The van der Waals surface area contributed by atoms with Gasteiger partial charge in [-0.05, 0) is 18.6 Å². The average Bonchev–Trinajstić information content (AvgIpc) is 2.44. The van der Waals surface area contributed by atoms with E-state index in [0.29, 0.717) is 5.75 Å². The predicted octanol–water partition coefficient (Wildman–Crippen LogP) is 2.21. The molecule has 0 bridgehead atoms. The first-order valence-corrected chi connectivity index (χ1v) is 4.10. The molecule has 2 nitrogen and oxygen atoms in total. The van der Waals surface area contributed by atoms with Crippen LogP contribution in [-0.4, -0.2) is 9.51 Å². The largest absolute Gasteiger partial charge is 0.505 e. The number of aromatic hydroxyl groups is 1. The third kappa shape index (κ3) is 0.881. The summed E-state index contributed by atoms with van der Waals surface area (Å²) in [7, 11) is 0. The summed E-state index contributed by atoms with van der Waals surface area (Å²) in [5.41, 5.74) is 1.88. The van der Waals surface area contributed by atoms with E-state index in [9.17, 15) is 5.11 Å². The molecule has 0 aliphatic heterocycles. The second-order valence-corrected chi connectivity index (χ2v) is 2.85. The zero-order valence-electron chi connectivity index (χ0n) is 6.99. The van der Waals surface area contributed by atoms with E-state index in [2.05, 4.69) is 0 Å². The van der Waals surface area contributed by atoms with Crippen molar-refractivity contribution in [1.82, 2.24) is 4.40 Å². The first kappa shape index (κ1) is 7.22. The van der Waals surface area contributed by atoms with Gasteiger partial charge in [0.25, 0.3) is 0 Å². The summed E-state index contributed by atoms with van der Waals surface area (Å²) in [5, 5.41) is 9.67. The van der Waals surface area contributed by atoms with Gasteiger partial charge in [-0.25, -0.2) is 0 Å². The molecular weight excluding hydrogens is 150 g/mol. The van der Waals surface area contributed by atoms with Crippen molar-refractivity contribution >= 4 is 5.52 Å². The Kier molecular flexibility index (Phi) is 1.54. The molecule has 0 amide bonds. The van der Waals surface area contributed by atoms with E-state index < -0.39 is 0 Å². The second-order valence-electron chi connectivity index (χ2n) is 2.85. The van der Waals surface area contributed by atoms with Crippen molar-refractivity contribution < 1.29 is 5.11 Å². The van der Waals surface area contributed by atoms with Crippen LogP contribution in [0.4, 0.5) is 0 Å². The number of aryl methyl sites for hydroxylation is 1. The minimum Gasteiger partial charge on any atom is -0.505 e. The van der Waals surface area contributed by atoms with Crippen molar-refractivity contribution in [1.29, 1.82) is 0 Å². The van der Waals surface area contributed by atoms with Crippen LogP contribution in [0.15, 0.2) is 30.6 Å². The van der Waals surface area contributed by atoms with Crippen LogP contribution in [0.3, 0.4) is 0 Å². The zero-order chi connectivity index (χ0) is 8.55. The van der Waals surface area contributed by atoms with Gasteiger partial charge in [-0.15, -0.1) is 0 Å². The Labute approximate surface area is 71.1 Å². The maximum Gasteiger partial charge on any atom is 0.144 e. The minimum absolute atomic E-state index is 0.415. The molecular formula is C10H11NO. The van der Waals surface area contributed by atoms with Gasteiger partial charge in [-0.1, -0.05) is 13.0 Å². The summed E-state index contributed by atoms with van der Waals surface area (Å²) in [6.07, 6.45) is 4.77. The van der Waals surface area contributed by atoms with Crippen molar-refractivity contribution in [2.45, 2.75) is 13.3 Å². The first-order chi connectivity index (χ1) is 5.83. The van der Waals surface area contributed by atoms with E-state index in [0.717, 1.165) is 17.5 Å². The van der Waals surface area contributed by atoms with Crippen LogP contribution in [0, 0.1) is 0 Å². The third-order valence-electron chi connectivity index (χ3n) is 2.11. The van der Waals surface area contributed by atoms with Crippen LogP contribution in [0.25, 0.3) is 5.52 Å². The fraction of sp³-hybridized carbons (Fsp3) is 0.200. The SMILES string of the molecule is CCc1cn2ccccc2c1O. The van der Waals surface area contributed by atoms with Crippen molar-refractivity contribution in [3.05, 3.63) is 36.2 Å². The standard InChI is InChI=1S/C10H11NO/c1-2-8-7-11-6-4-3-5-9(11)10(8)12/h3-7,12H,2H2,1H3. The number of nitrogens with zero attached hydrogens (tertiary/aromatic N) is 1. The fourth-order valence-electron chi connectivity index (χ4n) is 1.42. The maximum atomic E-state index is 9.67. The molecule has 0 aliphatic carbocycles. The van der Waals surface area contributed by atoms with Gasteiger partial charge in [0.15, 0.2) is 0 Å². The molecule has 2 aromatic heterocycles. The van der Waals surface area contributed by atoms with Gasteiger partial charge in [-0.3, -0.25) is 0 Å². The van der Waals surface area contributed by atoms with Crippen LogP contribution in [0.5, 0.6) is 5.75 Å². The smallest absolute Gasteiger partial charge is 0.144 e. The Morgan fingerprint density at radius 2 is 2.25 bits per heavy atom. The highest BCUT2D eigenvalue weighted by Gasteiger charge is 2.05. The molecule has 0 saturated carbocycles. The lowest BCUT2D eigenvalue weighted by molar-refractivity contribution is 0.476. The number of rotatable bonds is 1. The minimum atomic E-state index is 0.415. The molecule has 0 atom stereocenters. The van der Waals surface area contributed by atoms with Crippen molar-refractivity contribution in [3.8, 4) is 5.75 Å². The Morgan fingerprint density at radius 1 is 1.42 bits per heavy atom. The lowest BCUT2D eigenvalue weighted by Crippen LogP contribution is -1.76. The Hall–Kier alpha value is -1.44. The molecule has 0 radical (unpaired) electrons. The number of fused-ring (bicyclic) bond motifs is 1. The summed E-state index contributed by atoms with van der Waals surface area (Å²) in [4.78, 5) is 0. The van der Waals surface area contributed by atoms with E-state index in [-0.39, 0.29) is 0 Å². The topological polar surface area (TPSA) is 24.6 Å². The highest BCUT2D eigenvalue weighted by molar-refractivity contribution is 5.63. The Bertz CT molecular complexity index is 403. The summed E-state index contributed by atoms with van der Waals surface area (Å²) in [6, 6.07) is 5.79. The van der Waals surface area contributed by atoms with Crippen LogP contribution in [-0.2, 0) is 6.42 Å². The lowest BCUT2D eigenvalue weighted by atomic mass is 10.2. The zero-order valence-corrected chi connectivity index (χ0v) is 6.99. The Balaban J connectivity index is 2.78. The Morgan fingerprint density at radius 3 is 2.92 bits per heavy atom. The molecule has 0 unspecified atom stereocenters. The molecule has 0 spiro atoms. The summed E-state index contributed by atoms with van der Waals surface area (Å²) in [5.74, 6) is 0.415. The first-order valence-electron chi connectivity index (χ1n) is 4.10. The van der Waals surface area contributed by atoms with Gasteiger partial charge in [0, 0.05) is 18.0 Å². The molecule has 1 N–H and O–H groups in total. The normalized spacial score (nSPS) is 10.8. The van der Waals surface area contributed by atoms with E-state index in [1.165, 1.54) is 0 Å². The highest BCUT2D eigenvalue weighted by atomic mass is 16.3. The summed E-state index contributed by atoms with van der Waals surface area (Å²) >= 11 is 0. The van der Waals surface area contributed by atoms with E-state index >= 15 is 0 Å². The van der Waals surface area contributed by atoms with Crippen molar-refractivity contribution in [3.63, 3.8) is 0 Å². The van der Waals surface area contributed by atoms with Crippen LogP contribution < -0.4 is 0 Å². The fourth-order valence-corrected chi connectivity index (χ4v) is 1.42. The van der Waals surface area contributed by atoms with E-state index in [4.69, 9.17) is 0 Å². The van der Waals surface area contributed by atoms with E-state index in [1.54, 1.807) is 0 Å². The molecule has 0 fully saturated rings. The van der Waals surface area contributed by atoms with Gasteiger partial charge in [0.1, 0.15) is 5.75 Å². The molecule has 2 aromatic rings. The average molecular weight is 161 g/mol. The van der Waals surface area contributed by atoms with Crippen molar-refractivity contribution in [2.75, 3.05) is 0 Å². The number of aromatic nitrogens is 1. The lowest BCUT2D eigenvalue weighted by Gasteiger charge is -1.91. The number of hydrogen-bond donors (Lipinski definition) is 1. The van der Waals surface area contributed by atoms with Gasteiger partial charge >= 0.3 is 0 Å². The molecule has 2 heteroatoms. The molecule has 0 aromatic carbocycles. The van der Waals surface area contributed by atoms with Crippen molar-refractivity contribution in [2.24, 2.45) is 0 Å². The van der Waals surface area contributed by atoms with Gasteiger partial charge in [0.2, 0.25) is 0 Å². The molecule has 0 saturated heterocycles. The highest BCUT2D eigenvalue weighted by Crippen LogP contribution is 2.25. The quantitative estimate of drug-likeness (QED) is 0.681. The van der Waals surface area contributed by atoms with Gasteiger partial charge in [-0.2, -0.15) is 0 Å². The maximum absolute atomic E-state index is 9.67. The summed E-state index contributed by atoms with van der Waals surface area (Å²) in [6.45, 7) is 2.04. The molecule has 62 valence electrons. The van der Waals surface area contributed by atoms with E-state index in [1.807, 2.05) is 41.9 Å². The molecule has 12 heavy (non-hydrogen) atoms.